The van der Waals surface area contributed by atoms with Crippen LogP contribution in [0.25, 0.3) is 0 Å². The van der Waals surface area contributed by atoms with Crippen LogP contribution in [0.4, 0.5) is 0 Å². The van der Waals surface area contributed by atoms with E-state index >= 15 is 0 Å². The van der Waals surface area contributed by atoms with Crippen molar-refractivity contribution in [2.45, 2.75) is 25.0 Å². The van der Waals surface area contributed by atoms with Gasteiger partial charge in [-0.05, 0) is 12.0 Å². The van der Waals surface area contributed by atoms with E-state index in [2.05, 4.69) is 17.6 Å². The van der Waals surface area contributed by atoms with Crippen LogP contribution in [0.5, 0.6) is 0 Å². The van der Waals surface area contributed by atoms with Crippen LogP contribution in [0.3, 0.4) is 0 Å². The number of fused-ring (bicyclic) bond motifs is 2. The van der Waals surface area contributed by atoms with Gasteiger partial charge in [0.25, 0.3) is 5.91 Å². The maximum Gasteiger partial charge on any atom is 0.251 e. The Morgan fingerprint density at radius 1 is 1.38 bits per heavy atom. The first-order valence-corrected chi connectivity index (χ1v) is 7.32. The zero-order valence-corrected chi connectivity index (χ0v) is 12.0. The van der Waals surface area contributed by atoms with Crippen molar-refractivity contribution >= 4 is 5.91 Å². The molecule has 4 nitrogen and oxygen atoms in total. The molecule has 2 heterocycles. The highest BCUT2D eigenvalue weighted by Crippen LogP contribution is 2.23. The first-order valence-electron chi connectivity index (χ1n) is 7.32. The minimum atomic E-state index is -0.126. The number of nitrogens with zero attached hydrogens (tertiary/aromatic N) is 2. The lowest BCUT2D eigenvalue weighted by Crippen LogP contribution is -2.56. The summed E-state index contributed by atoms with van der Waals surface area (Å²) < 4.78 is 0. The number of amides is 1. The molecule has 3 rings (SSSR count). The van der Waals surface area contributed by atoms with E-state index in [0.29, 0.717) is 13.1 Å². The Balaban J connectivity index is 1.71. The van der Waals surface area contributed by atoms with Crippen molar-refractivity contribution in [1.82, 2.24) is 9.96 Å². The SMILES string of the molecule is C=CC1C2C=CCCN1CN(C(=O)Cc1ccccc1)O2. The van der Waals surface area contributed by atoms with Gasteiger partial charge in [-0.3, -0.25) is 14.5 Å². The van der Waals surface area contributed by atoms with Gasteiger partial charge in [0.15, 0.2) is 0 Å². The van der Waals surface area contributed by atoms with Crippen molar-refractivity contribution in [3.63, 3.8) is 0 Å². The van der Waals surface area contributed by atoms with E-state index in [0.717, 1.165) is 18.5 Å². The molecule has 0 radical (unpaired) electrons. The predicted octanol–water partition coefficient (Wildman–Crippen LogP) is 2.15. The van der Waals surface area contributed by atoms with Gasteiger partial charge >= 0.3 is 0 Å². The first kappa shape index (κ1) is 14.0. The van der Waals surface area contributed by atoms with Crippen LogP contribution in [0.1, 0.15) is 12.0 Å². The second kappa shape index (κ2) is 6.24. The summed E-state index contributed by atoms with van der Waals surface area (Å²) in [6, 6.07) is 9.90. The molecule has 21 heavy (non-hydrogen) atoms. The van der Waals surface area contributed by atoms with Crippen LogP contribution in [0.2, 0.25) is 0 Å². The van der Waals surface area contributed by atoms with Gasteiger partial charge in [-0.1, -0.05) is 48.6 Å². The molecule has 2 bridgehead atoms. The van der Waals surface area contributed by atoms with Crippen LogP contribution < -0.4 is 0 Å². The quantitative estimate of drug-likeness (QED) is 0.797. The topological polar surface area (TPSA) is 32.8 Å². The molecule has 0 saturated carbocycles. The van der Waals surface area contributed by atoms with Gasteiger partial charge in [-0.25, -0.2) is 5.06 Å². The second-order valence-corrected chi connectivity index (χ2v) is 5.40. The molecular formula is C17H20N2O2. The number of hydrogen-bond donors (Lipinski definition) is 0. The molecule has 0 aromatic heterocycles. The van der Waals surface area contributed by atoms with Gasteiger partial charge in [0.05, 0.1) is 12.5 Å². The van der Waals surface area contributed by atoms with Gasteiger partial charge in [0.1, 0.15) is 12.8 Å². The molecule has 1 aromatic rings. The van der Waals surface area contributed by atoms with E-state index in [9.17, 15) is 4.79 Å². The Kier molecular flexibility index (Phi) is 4.18. The van der Waals surface area contributed by atoms with E-state index in [-0.39, 0.29) is 18.1 Å². The summed E-state index contributed by atoms with van der Waals surface area (Å²) in [5, 5.41) is 1.49. The standard InChI is InChI=1S/C17H20N2O2/c1-2-15-16-10-6-7-11-18(15)13-19(21-16)17(20)12-14-8-4-3-5-9-14/h2-6,8-10,15-16H,1,7,11-13H2. The third kappa shape index (κ3) is 3.06. The molecule has 1 saturated heterocycles. The molecule has 0 spiro atoms. The second-order valence-electron chi connectivity index (χ2n) is 5.40. The van der Waals surface area contributed by atoms with Crippen molar-refractivity contribution in [2.24, 2.45) is 0 Å². The molecular weight excluding hydrogens is 264 g/mol. The minimum Gasteiger partial charge on any atom is -0.274 e. The number of hydroxylamine groups is 2. The molecule has 2 aliphatic rings. The van der Waals surface area contributed by atoms with Gasteiger partial charge < -0.3 is 0 Å². The smallest absolute Gasteiger partial charge is 0.251 e. The summed E-state index contributed by atoms with van der Waals surface area (Å²) in [5.74, 6) is -0.00554. The number of rotatable bonds is 3. The van der Waals surface area contributed by atoms with Crippen LogP contribution in [-0.4, -0.2) is 41.2 Å². The Hall–Kier alpha value is -1.91. The molecule has 4 heteroatoms. The van der Waals surface area contributed by atoms with Crippen molar-refractivity contribution in [3.05, 3.63) is 60.7 Å². The molecule has 1 amide bonds. The van der Waals surface area contributed by atoms with Crippen molar-refractivity contribution in [2.75, 3.05) is 13.2 Å². The largest absolute Gasteiger partial charge is 0.274 e. The summed E-state index contributed by atoms with van der Waals surface area (Å²) >= 11 is 0. The van der Waals surface area contributed by atoms with E-state index in [1.807, 2.05) is 42.5 Å². The zero-order valence-electron chi connectivity index (χ0n) is 12.0. The monoisotopic (exact) mass is 284 g/mol. The molecule has 3 atom stereocenters. The third-order valence-electron chi connectivity index (χ3n) is 3.94. The maximum atomic E-state index is 12.4. The number of carbonyl (C=O) groups is 1. The Morgan fingerprint density at radius 3 is 2.95 bits per heavy atom. The molecule has 110 valence electrons. The summed E-state index contributed by atoms with van der Waals surface area (Å²) in [6.07, 6.45) is 7.27. The van der Waals surface area contributed by atoms with Crippen molar-refractivity contribution in [3.8, 4) is 0 Å². The predicted molar refractivity (Wildman–Crippen MR) is 81.2 cm³/mol. The van der Waals surface area contributed by atoms with Crippen LogP contribution in [0, 0.1) is 0 Å². The maximum absolute atomic E-state index is 12.4. The molecule has 0 aliphatic carbocycles. The fourth-order valence-electron chi connectivity index (χ4n) is 2.83. The Morgan fingerprint density at radius 2 is 2.19 bits per heavy atom. The summed E-state index contributed by atoms with van der Waals surface area (Å²) in [4.78, 5) is 20.5. The van der Waals surface area contributed by atoms with E-state index in [4.69, 9.17) is 4.84 Å². The Bertz CT molecular complexity index is 541. The molecule has 2 aliphatic heterocycles. The van der Waals surface area contributed by atoms with Crippen LogP contribution in [0.15, 0.2) is 55.1 Å². The average molecular weight is 284 g/mol. The molecule has 3 unspecified atom stereocenters. The fourth-order valence-corrected chi connectivity index (χ4v) is 2.83. The van der Waals surface area contributed by atoms with E-state index in [1.54, 1.807) is 0 Å². The summed E-state index contributed by atoms with van der Waals surface area (Å²) in [7, 11) is 0. The lowest BCUT2D eigenvalue weighted by Gasteiger charge is -2.42. The molecule has 0 N–H and O–H groups in total. The normalized spacial score (nSPS) is 28.0. The van der Waals surface area contributed by atoms with Gasteiger partial charge in [0, 0.05) is 6.54 Å². The van der Waals surface area contributed by atoms with Gasteiger partial charge in [-0.2, -0.15) is 0 Å². The Labute approximate surface area is 125 Å². The van der Waals surface area contributed by atoms with E-state index in [1.165, 1.54) is 5.06 Å². The summed E-state index contributed by atoms with van der Waals surface area (Å²) in [6.45, 7) is 5.31. The van der Waals surface area contributed by atoms with Crippen LogP contribution >= 0.6 is 0 Å². The molecule has 1 aromatic carbocycles. The van der Waals surface area contributed by atoms with Gasteiger partial charge in [-0.15, -0.1) is 6.58 Å². The fraction of sp³-hybridized carbons (Fsp3) is 0.353. The lowest BCUT2D eigenvalue weighted by molar-refractivity contribution is -0.244. The zero-order chi connectivity index (χ0) is 14.7. The first-order chi connectivity index (χ1) is 10.3. The number of carbonyl (C=O) groups excluding carboxylic acids is 1. The van der Waals surface area contributed by atoms with Gasteiger partial charge in [0.2, 0.25) is 0 Å². The number of benzene rings is 1. The third-order valence-corrected chi connectivity index (χ3v) is 3.94. The average Bonchev–Trinajstić information content (AvgIpc) is 2.62. The highest BCUT2D eigenvalue weighted by atomic mass is 16.7. The van der Waals surface area contributed by atoms with Crippen molar-refractivity contribution < 1.29 is 9.63 Å². The number of hydrogen-bond acceptors (Lipinski definition) is 3. The van der Waals surface area contributed by atoms with Crippen molar-refractivity contribution in [1.29, 1.82) is 0 Å². The van der Waals surface area contributed by atoms with E-state index < -0.39 is 0 Å². The van der Waals surface area contributed by atoms with Crippen LogP contribution in [-0.2, 0) is 16.1 Å². The summed E-state index contributed by atoms with van der Waals surface area (Å²) in [5.41, 5.74) is 1.01. The highest BCUT2D eigenvalue weighted by Gasteiger charge is 2.35. The minimum absolute atomic E-state index is 0.00554. The lowest BCUT2D eigenvalue weighted by atomic mass is 10.1. The highest BCUT2D eigenvalue weighted by molar-refractivity contribution is 5.77. The molecule has 1 fully saturated rings.